The molecule has 10 aromatic rings. The van der Waals surface area contributed by atoms with E-state index in [4.69, 9.17) is 0 Å². The third kappa shape index (κ3) is 5.53. The van der Waals surface area contributed by atoms with Gasteiger partial charge in [-0.3, -0.25) is 0 Å². The van der Waals surface area contributed by atoms with E-state index in [2.05, 4.69) is 211 Å². The van der Waals surface area contributed by atoms with E-state index in [1.807, 2.05) is 11.3 Å². The predicted octanol–water partition coefficient (Wildman–Crippen LogP) is 15.4. The summed E-state index contributed by atoms with van der Waals surface area (Å²) in [5, 5.41) is 5.12. The van der Waals surface area contributed by atoms with Crippen molar-refractivity contribution in [2.24, 2.45) is 0 Å². The lowest BCUT2D eigenvalue weighted by Crippen LogP contribution is -2.12. The highest BCUT2D eigenvalue weighted by atomic mass is 32.1. The highest BCUT2D eigenvalue weighted by Gasteiger charge is 2.27. The van der Waals surface area contributed by atoms with E-state index in [-0.39, 0.29) is 5.92 Å². The SMILES string of the molecule is c1ccc(-c2cccc(N(c3ccc(-c4cc([C@H]5Cc6ccccc6-c6ccccc65)cc5c4sc4ccccc45)cc3)c3cccc4ccccc34)c2)cc1. The minimum atomic E-state index is 0.265. The summed E-state index contributed by atoms with van der Waals surface area (Å²) in [7, 11) is 0. The van der Waals surface area contributed by atoms with Crippen molar-refractivity contribution in [2.45, 2.75) is 12.3 Å². The molecule has 1 aliphatic carbocycles. The molecular weight excluding hydrogens is 695 g/mol. The summed E-state index contributed by atoms with van der Waals surface area (Å²) in [6, 6.07) is 76.1. The van der Waals surface area contributed by atoms with Crippen molar-refractivity contribution in [3.63, 3.8) is 0 Å². The zero-order chi connectivity index (χ0) is 37.0. The summed E-state index contributed by atoms with van der Waals surface area (Å²) in [5.74, 6) is 0.265. The lowest BCUT2D eigenvalue weighted by atomic mass is 9.75. The Hall–Kier alpha value is -6.74. The monoisotopic (exact) mass is 731 g/mol. The van der Waals surface area contributed by atoms with Crippen LogP contribution in [0.4, 0.5) is 17.1 Å². The Balaban J connectivity index is 1.08. The van der Waals surface area contributed by atoms with Gasteiger partial charge in [0.15, 0.2) is 0 Å². The van der Waals surface area contributed by atoms with E-state index < -0.39 is 0 Å². The molecule has 1 atom stereocenters. The second kappa shape index (κ2) is 13.5. The van der Waals surface area contributed by atoms with Crippen molar-refractivity contribution in [1.82, 2.24) is 0 Å². The van der Waals surface area contributed by atoms with Crippen LogP contribution < -0.4 is 4.90 Å². The molecule has 0 N–H and O–H groups in total. The number of rotatable bonds is 6. The fourth-order valence-electron chi connectivity index (χ4n) is 8.98. The minimum Gasteiger partial charge on any atom is -0.310 e. The Bertz CT molecular complexity index is 3060. The molecule has 9 aromatic carbocycles. The van der Waals surface area contributed by atoms with Gasteiger partial charge in [-0.25, -0.2) is 0 Å². The van der Waals surface area contributed by atoms with E-state index in [1.165, 1.54) is 81.0 Å². The molecule has 0 amide bonds. The standard InChI is InChI=1S/C54H37NS/c1-2-14-36(15-3-1)39-19-12-20-43(32-39)55(52-26-13-18-37-16-4-7-22-45(37)52)42-30-28-38(29-31-42)50-34-41(35-51-48-25-10-11-27-53(48)56-54(50)51)49-33-40-17-5-6-21-44(40)46-23-8-9-24-47(46)49/h1-32,34-35,49H,33H2/t49-/m1/s1. The molecule has 0 unspecified atom stereocenters. The number of anilines is 3. The first-order chi connectivity index (χ1) is 27.8. The summed E-state index contributed by atoms with van der Waals surface area (Å²) in [5.41, 5.74) is 15.3. The number of benzene rings is 9. The van der Waals surface area contributed by atoms with Gasteiger partial charge in [-0.05, 0) is 110 Å². The van der Waals surface area contributed by atoms with Gasteiger partial charge >= 0.3 is 0 Å². The Kier molecular flexibility index (Phi) is 7.89. The fraction of sp³-hybridized carbons (Fsp3) is 0.0370. The first kappa shape index (κ1) is 32.7. The molecule has 0 saturated carbocycles. The second-order valence-corrected chi connectivity index (χ2v) is 15.9. The van der Waals surface area contributed by atoms with Gasteiger partial charge < -0.3 is 4.90 Å². The van der Waals surface area contributed by atoms with E-state index in [0.29, 0.717) is 0 Å². The molecule has 56 heavy (non-hydrogen) atoms. The van der Waals surface area contributed by atoms with Gasteiger partial charge in [0.05, 0.1) is 5.69 Å². The second-order valence-electron chi connectivity index (χ2n) is 14.8. The predicted molar refractivity (Wildman–Crippen MR) is 240 cm³/mol. The lowest BCUT2D eigenvalue weighted by Gasteiger charge is -2.29. The summed E-state index contributed by atoms with van der Waals surface area (Å²) in [6.45, 7) is 0. The molecule has 1 aromatic heterocycles. The van der Waals surface area contributed by atoms with Crippen LogP contribution in [-0.4, -0.2) is 0 Å². The maximum atomic E-state index is 2.49. The minimum absolute atomic E-state index is 0.265. The van der Waals surface area contributed by atoms with Crippen molar-refractivity contribution in [3.8, 4) is 33.4 Å². The molecule has 2 heteroatoms. The number of hydrogen-bond acceptors (Lipinski definition) is 2. The molecule has 0 saturated heterocycles. The lowest BCUT2D eigenvalue weighted by molar-refractivity contribution is 0.795. The largest absolute Gasteiger partial charge is 0.310 e. The maximum absolute atomic E-state index is 2.49. The summed E-state index contributed by atoms with van der Waals surface area (Å²) in [6.07, 6.45) is 0.987. The van der Waals surface area contributed by atoms with Crippen molar-refractivity contribution >= 4 is 59.3 Å². The van der Waals surface area contributed by atoms with Gasteiger partial charge in [-0.15, -0.1) is 11.3 Å². The quantitative estimate of drug-likeness (QED) is 0.165. The zero-order valence-corrected chi connectivity index (χ0v) is 31.6. The average Bonchev–Trinajstić information content (AvgIpc) is 3.65. The Morgan fingerprint density at radius 3 is 2.02 bits per heavy atom. The fourth-order valence-corrected chi connectivity index (χ4v) is 10.2. The van der Waals surface area contributed by atoms with Gasteiger partial charge in [0.2, 0.25) is 0 Å². The molecule has 264 valence electrons. The summed E-state index contributed by atoms with van der Waals surface area (Å²) >= 11 is 1.91. The number of fused-ring (bicyclic) bond motifs is 7. The van der Waals surface area contributed by atoms with Gasteiger partial charge in [0.1, 0.15) is 0 Å². The van der Waals surface area contributed by atoms with Gasteiger partial charge in [-0.2, -0.15) is 0 Å². The van der Waals surface area contributed by atoms with Crippen molar-refractivity contribution < 1.29 is 0 Å². The van der Waals surface area contributed by atoms with Crippen LogP contribution in [0.3, 0.4) is 0 Å². The van der Waals surface area contributed by atoms with Gasteiger partial charge in [-0.1, -0.05) is 158 Å². The van der Waals surface area contributed by atoms with Crippen LogP contribution in [0.2, 0.25) is 0 Å². The molecule has 0 radical (unpaired) electrons. The average molecular weight is 732 g/mol. The smallest absolute Gasteiger partial charge is 0.0540 e. The van der Waals surface area contributed by atoms with E-state index in [1.54, 1.807) is 0 Å². The summed E-state index contributed by atoms with van der Waals surface area (Å²) < 4.78 is 2.67. The van der Waals surface area contributed by atoms with Gasteiger partial charge in [0, 0.05) is 42.9 Å². The molecule has 0 bridgehead atoms. The molecule has 0 spiro atoms. The van der Waals surface area contributed by atoms with Crippen molar-refractivity contribution in [1.29, 1.82) is 0 Å². The Morgan fingerprint density at radius 1 is 0.429 bits per heavy atom. The third-order valence-electron chi connectivity index (χ3n) is 11.6. The molecule has 1 nitrogen and oxygen atoms in total. The van der Waals surface area contributed by atoms with Crippen LogP contribution in [-0.2, 0) is 6.42 Å². The molecule has 0 aliphatic heterocycles. The Labute approximate surface area is 331 Å². The summed E-state index contributed by atoms with van der Waals surface area (Å²) in [4.78, 5) is 2.42. The number of thiophene rings is 1. The zero-order valence-electron chi connectivity index (χ0n) is 30.8. The normalized spacial score (nSPS) is 13.5. The van der Waals surface area contributed by atoms with E-state index in [9.17, 15) is 0 Å². The third-order valence-corrected chi connectivity index (χ3v) is 12.8. The van der Waals surface area contributed by atoms with Crippen molar-refractivity contribution in [2.75, 3.05) is 4.90 Å². The van der Waals surface area contributed by atoms with Crippen LogP contribution >= 0.6 is 11.3 Å². The van der Waals surface area contributed by atoms with Crippen LogP contribution in [0.5, 0.6) is 0 Å². The highest BCUT2D eigenvalue weighted by molar-refractivity contribution is 7.26. The maximum Gasteiger partial charge on any atom is 0.0540 e. The van der Waals surface area contributed by atoms with Gasteiger partial charge in [0.25, 0.3) is 0 Å². The van der Waals surface area contributed by atoms with Crippen LogP contribution in [0.25, 0.3) is 64.3 Å². The van der Waals surface area contributed by atoms with Crippen LogP contribution in [0.1, 0.15) is 22.6 Å². The Morgan fingerprint density at radius 2 is 1.12 bits per heavy atom. The molecule has 0 fully saturated rings. The first-order valence-corrected chi connectivity index (χ1v) is 20.2. The first-order valence-electron chi connectivity index (χ1n) is 19.4. The molecule has 11 rings (SSSR count). The van der Waals surface area contributed by atoms with Crippen LogP contribution in [0.15, 0.2) is 206 Å². The molecule has 1 heterocycles. The van der Waals surface area contributed by atoms with E-state index in [0.717, 1.165) is 23.5 Å². The topological polar surface area (TPSA) is 3.24 Å². The van der Waals surface area contributed by atoms with Crippen molar-refractivity contribution in [3.05, 3.63) is 223 Å². The van der Waals surface area contributed by atoms with E-state index >= 15 is 0 Å². The molecular formula is C54H37NS. The number of hydrogen-bond donors (Lipinski definition) is 0. The number of nitrogens with zero attached hydrogens (tertiary/aromatic N) is 1. The highest BCUT2D eigenvalue weighted by Crippen LogP contribution is 2.48. The molecule has 1 aliphatic rings. The van der Waals surface area contributed by atoms with Crippen LogP contribution in [0, 0.1) is 0 Å².